The van der Waals surface area contributed by atoms with Crippen molar-refractivity contribution in [2.75, 3.05) is 26.2 Å². The number of non-ortho nitro benzene ring substituents is 1. The van der Waals surface area contributed by atoms with Crippen LogP contribution in [0, 0.1) is 10.1 Å². The Balaban J connectivity index is 1.67. The molecule has 0 bridgehead atoms. The van der Waals surface area contributed by atoms with E-state index in [1.807, 2.05) is 12.1 Å². The number of hydrogen-bond acceptors (Lipinski definition) is 6. The van der Waals surface area contributed by atoms with Gasteiger partial charge in [-0.3, -0.25) is 14.9 Å². The number of nitro groups is 1. The summed E-state index contributed by atoms with van der Waals surface area (Å²) >= 11 is 0. The van der Waals surface area contributed by atoms with Gasteiger partial charge in [0.15, 0.2) is 5.78 Å². The molecular weight excluding hydrogens is 468 g/mol. The monoisotopic (exact) mass is 508 g/mol. The Morgan fingerprint density at radius 1 is 0.919 bits per heavy atom. The molecule has 3 aromatic rings. The van der Waals surface area contributed by atoms with Crippen molar-refractivity contribution in [1.82, 2.24) is 4.90 Å². The van der Waals surface area contributed by atoms with Crippen molar-refractivity contribution >= 4 is 22.4 Å². The average molecular weight is 509 g/mol. The van der Waals surface area contributed by atoms with E-state index < -0.39 is 4.92 Å². The van der Waals surface area contributed by atoms with Crippen LogP contribution in [0.4, 0.5) is 5.69 Å². The SMILES string of the molecule is CCCCc1oc2cc([N+](=O)[O-])ccc2c1C(=O)c1ccc(OCCCN(CCCC)CCCC)cc1. The van der Waals surface area contributed by atoms with Gasteiger partial charge in [-0.25, -0.2) is 0 Å². The summed E-state index contributed by atoms with van der Waals surface area (Å²) in [5, 5.41) is 11.8. The molecule has 37 heavy (non-hydrogen) atoms. The Morgan fingerprint density at radius 3 is 2.19 bits per heavy atom. The Kier molecular flexibility index (Phi) is 11.1. The second-order valence-electron chi connectivity index (χ2n) is 9.55. The van der Waals surface area contributed by atoms with E-state index in [-0.39, 0.29) is 11.5 Å². The first-order valence-corrected chi connectivity index (χ1v) is 13.7. The van der Waals surface area contributed by atoms with Crippen LogP contribution in [-0.4, -0.2) is 41.8 Å². The summed E-state index contributed by atoms with van der Waals surface area (Å²) in [5.41, 5.74) is 1.35. The van der Waals surface area contributed by atoms with Gasteiger partial charge in [0.1, 0.15) is 17.1 Å². The summed E-state index contributed by atoms with van der Waals surface area (Å²) in [6, 6.07) is 11.6. The van der Waals surface area contributed by atoms with Crippen LogP contribution in [0.5, 0.6) is 5.75 Å². The minimum Gasteiger partial charge on any atom is -0.494 e. The molecule has 0 fully saturated rings. The van der Waals surface area contributed by atoms with Gasteiger partial charge in [-0.05, 0) is 69.1 Å². The highest BCUT2D eigenvalue weighted by Gasteiger charge is 2.23. The van der Waals surface area contributed by atoms with Crippen LogP contribution in [0.15, 0.2) is 46.9 Å². The number of fused-ring (bicyclic) bond motifs is 1. The first kappa shape index (κ1) is 28.4. The van der Waals surface area contributed by atoms with Crippen molar-refractivity contribution in [3.8, 4) is 5.75 Å². The molecule has 0 saturated heterocycles. The predicted octanol–water partition coefficient (Wildman–Crippen LogP) is 7.59. The van der Waals surface area contributed by atoms with Gasteiger partial charge in [0.25, 0.3) is 5.69 Å². The van der Waals surface area contributed by atoms with Crippen molar-refractivity contribution < 1.29 is 18.9 Å². The predicted molar refractivity (Wildman–Crippen MR) is 148 cm³/mol. The lowest BCUT2D eigenvalue weighted by molar-refractivity contribution is -0.384. The van der Waals surface area contributed by atoms with Gasteiger partial charge in [-0.2, -0.15) is 0 Å². The van der Waals surface area contributed by atoms with Crippen molar-refractivity contribution in [1.29, 1.82) is 0 Å². The third-order valence-corrected chi connectivity index (χ3v) is 6.60. The van der Waals surface area contributed by atoms with E-state index in [0.717, 1.165) is 44.6 Å². The molecule has 7 nitrogen and oxygen atoms in total. The molecule has 0 radical (unpaired) electrons. The van der Waals surface area contributed by atoms with Gasteiger partial charge in [0, 0.05) is 30.0 Å². The van der Waals surface area contributed by atoms with Gasteiger partial charge < -0.3 is 14.1 Å². The fourth-order valence-electron chi connectivity index (χ4n) is 4.44. The summed E-state index contributed by atoms with van der Waals surface area (Å²) in [4.78, 5) is 26.8. The highest BCUT2D eigenvalue weighted by atomic mass is 16.6. The van der Waals surface area contributed by atoms with Gasteiger partial charge >= 0.3 is 0 Å². The molecular formula is C30H40N2O5. The largest absolute Gasteiger partial charge is 0.494 e. The fraction of sp³-hybridized carbons (Fsp3) is 0.500. The Labute approximate surface area is 219 Å². The van der Waals surface area contributed by atoms with Gasteiger partial charge in [0.2, 0.25) is 0 Å². The molecule has 0 aliphatic carbocycles. The first-order valence-electron chi connectivity index (χ1n) is 13.7. The normalized spacial score (nSPS) is 11.4. The standard InChI is InChI=1S/C30H40N2O5/c1-4-7-11-27-29(26-17-14-24(32(34)35)22-28(26)37-27)30(33)23-12-15-25(16-13-23)36-21-10-20-31(18-8-5-2)19-9-6-3/h12-17,22H,4-11,18-21H2,1-3H3. The molecule has 1 aromatic heterocycles. The van der Waals surface area contributed by atoms with Crippen LogP contribution in [-0.2, 0) is 6.42 Å². The number of benzene rings is 2. The summed E-state index contributed by atoms with van der Waals surface area (Å²) in [7, 11) is 0. The smallest absolute Gasteiger partial charge is 0.273 e. The van der Waals surface area contributed by atoms with Gasteiger partial charge in [-0.1, -0.05) is 40.0 Å². The second kappa shape index (κ2) is 14.5. The zero-order valence-corrected chi connectivity index (χ0v) is 22.5. The molecule has 2 aromatic carbocycles. The number of carbonyl (C=O) groups excluding carboxylic acids is 1. The van der Waals surface area contributed by atoms with Crippen molar-refractivity contribution in [2.45, 2.75) is 72.1 Å². The number of nitro benzene ring substituents is 1. The van der Waals surface area contributed by atoms with Crippen LogP contribution in [0.1, 0.15) is 87.4 Å². The fourth-order valence-corrected chi connectivity index (χ4v) is 4.44. The van der Waals surface area contributed by atoms with Crippen molar-refractivity contribution in [3.05, 3.63) is 69.5 Å². The highest BCUT2D eigenvalue weighted by Crippen LogP contribution is 2.32. The van der Waals surface area contributed by atoms with Crippen molar-refractivity contribution in [2.24, 2.45) is 0 Å². The maximum atomic E-state index is 13.5. The van der Waals surface area contributed by atoms with Crippen LogP contribution in [0.2, 0.25) is 0 Å². The second-order valence-corrected chi connectivity index (χ2v) is 9.55. The van der Waals surface area contributed by atoms with Gasteiger partial charge in [-0.15, -0.1) is 0 Å². The van der Waals surface area contributed by atoms with Crippen LogP contribution in [0.25, 0.3) is 11.0 Å². The van der Waals surface area contributed by atoms with Crippen LogP contribution in [0.3, 0.4) is 0 Å². The molecule has 0 spiro atoms. The molecule has 0 unspecified atom stereocenters. The molecule has 0 saturated carbocycles. The van der Waals surface area contributed by atoms with Crippen LogP contribution < -0.4 is 4.74 Å². The number of carbonyl (C=O) groups is 1. The zero-order chi connectivity index (χ0) is 26.6. The van der Waals surface area contributed by atoms with Gasteiger partial charge in [0.05, 0.1) is 23.2 Å². The molecule has 0 N–H and O–H groups in total. The molecule has 0 amide bonds. The molecule has 0 aliphatic rings. The molecule has 0 atom stereocenters. The van der Waals surface area contributed by atoms with E-state index >= 15 is 0 Å². The molecule has 3 rings (SSSR count). The number of rotatable bonds is 17. The highest BCUT2D eigenvalue weighted by molar-refractivity contribution is 6.17. The Bertz CT molecular complexity index is 1140. The number of ketones is 1. The molecule has 7 heteroatoms. The van der Waals surface area contributed by atoms with E-state index in [0.29, 0.717) is 40.9 Å². The first-order chi connectivity index (χ1) is 18.0. The molecule has 1 heterocycles. The summed E-state index contributed by atoms with van der Waals surface area (Å²) in [6.07, 6.45) is 8.25. The zero-order valence-electron chi connectivity index (χ0n) is 22.5. The number of furan rings is 1. The number of hydrogen-bond donors (Lipinski definition) is 0. The lowest BCUT2D eigenvalue weighted by atomic mass is 9.98. The maximum Gasteiger partial charge on any atom is 0.273 e. The van der Waals surface area contributed by atoms with E-state index in [9.17, 15) is 14.9 Å². The molecule has 0 aliphatic heterocycles. The molecule has 200 valence electrons. The van der Waals surface area contributed by atoms with E-state index in [1.165, 1.54) is 37.8 Å². The number of unbranched alkanes of at least 4 members (excludes halogenated alkanes) is 3. The number of nitrogens with zero attached hydrogens (tertiary/aromatic N) is 2. The maximum absolute atomic E-state index is 13.5. The summed E-state index contributed by atoms with van der Waals surface area (Å²) in [6.45, 7) is 10.5. The lowest BCUT2D eigenvalue weighted by Gasteiger charge is -2.21. The quantitative estimate of drug-likeness (QED) is 0.0808. The number of ether oxygens (including phenoxy) is 1. The third-order valence-electron chi connectivity index (χ3n) is 6.60. The minimum atomic E-state index is -0.457. The Morgan fingerprint density at radius 2 is 1.57 bits per heavy atom. The third kappa shape index (κ3) is 7.89. The topological polar surface area (TPSA) is 85.8 Å². The van der Waals surface area contributed by atoms with E-state index in [1.54, 1.807) is 18.2 Å². The Hall–Kier alpha value is -3.19. The average Bonchev–Trinajstić information content (AvgIpc) is 3.28. The van der Waals surface area contributed by atoms with Crippen molar-refractivity contribution in [3.63, 3.8) is 0 Å². The number of aryl methyl sites for hydroxylation is 1. The summed E-state index contributed by atoms with van der Waals surface area (Å²) < 4.78 is 11.9. The summed E-state index contributed by atoms with van der Waals surface area (Å²) in [5.74, 6) is 1.18. The van der Waals surface area contributed by atoms with E-state index in [4.69, 9.17) is 9.15 Å². The van der Waals surface area contributed by atoms with E-state index in [2.05, 4.69) is 25.7 Å². The minimum absolute atomic E-state index is 0.0531. The van der Waals surface area contributed by atoms with Crippen LogP contribution >= 0.6 is 0 Å². The lowest BCUT2D eigenvalue weighted by Crippen LogP contribution is -2.28.